The van der Waals surface area contributed by atoms with E-state index in [9.17, 15) is 14.7 Å². The lowest BCUT2D eigenvalue weighted by molar-refractivity contribution is -0.141. The third kappa shape index (κ3) is 3.78. The molecule has 1 saturated heterocycles. The molecule has 1 aliphatic heterocycles. The lowest BCUT2D eigenvalue weighted by Crippen LogP contribution is -2.31. The van der Waals surface area contributed by atoms with E-state index in [1.54, 1.807) is 4.90 Å². The summed E-state index contributed by atoms with van der Waals surface area (Å²) in [4.78, 5) is 26.6. The van der Waals surface area contributed by atoms with Crippen LogP contribution in [0.2, 0.25) is 0 Å². The van der Waals surface area contributed by atoms with Crippen molar-refractivity contribution < 1.29 is 19.4 Å². The van der Waals surface area contributed by atoms with E-state index in [-0.39, 0.29) is 25.0 Å². The first-order chi connectivity index (χ1) is 15.9. The fraction of sp³-hybridized carbons (Fsp3) is 0.286. The molecule has 168 valence electrons. The summed E-state index contributed by atoms with van der Waals surface area (Å²) in [5.74, 6) is -1.79. The van der Waals surface area contributed by atoms with Gasteiger partial charge in [-0.25, -0.2) is 4.79 Å². The number of hydrogen-bond donors (Lipinski definition) is 1. The molecule has 0 bridgehead atoms. The fourth-order valence-corrected chi connectivity index (χ4v) is 5.45. The topological polar surface area (TPSA) is 66.8 Å². The van der Waals surface area contributed by atoms with Crippen LogP contribution in [0.1, 0.15) is 39.7 Å². The van der Waals surface area contributed by atoms with Gasteiger partial charge < -0.3 is 14.7 Å². The van der Waals surface area contributed by atoms with Gasteiger partial charge in [0.1, 0.15) is 6.61 Å². The van der Waals surface area contributed by atoms with Gasteiger partial charge in [0.05, 0.1) is 5.92 Å². The Bertz CT molecular complexity index is 1190. The summed E-state index contributed by atoms with van der Waals surface area (Å²) in [7, 11) is 0. The van der Waals surface area contributed by atoms with Crippen molar-refractivity contribution in [1.29, 1.82) is 0 Å². The second-order valence-electron chi connectivity index (χ2n) is 9.12. The van der Waals surface area contributed by atoms with Crippen molar-refractivity contribution in [3.05, 3.63) is 94.5 Å². The highest BCUT2D eigenvalue weighted by Crippen LogP contribution is 2.44. The van der Waals surface area contributed by atoms with E-state index in [1.807, 2.05) is 50.2 Å². The average Bonchev–Trinajstić information content (AvgIpc) is 3.38. The highest BCUT2D eigenvalue weighted by molar-refractivity contribution is 5.79. The second kappa shape index (κ2) is 8.39. The number of benzene rings is 3. The SMILES string of the molecule is Cc1ccc(C2CN(C(=O)OCC3c4ccccc4-c4ccccc43)CC2C(=O)O)c(C)c1. The van der Waals surface area contributed by atoms with E-state index in [0.717, 1.165) is 27.8 Å². The molecule has 1 N–H and O–H groups in total. The van der Waals surface area contributed by atoms with Gasteiger partial charge in [0.15, 0.2) is 0 Å². The zero-order valence-corrected chi connectivity index (χ0v) is 18.8. The molecule has 2 unspecified atom stereocenters. The first-order valence-electron chi connectivity index (χ1n) is 11.3. The van der Waals surface area contributed by atoms with Gasteiger partial charge in [-0.3, -0.25) is 4.79 Å². The number of carboxylic acids is 1. The molecule has 1 heterocycles. The maximum absolute atomic E-state index is 13.0. The minimum absolute atomic E-state index is 0.0191. The van der Waals surface area contributed by atoms with Crippen LogP contribution in [0.4, 0.5) is 4.79 Å². The van der Waals surface area contributed by atoms with Gasteiger partial charge in [-0.1, -0.05) is 72.3 Å². The number of fused-ring (bicyclic) bond motifs is 3. The van der Waals surface area contributed by atoms with E-state index in [0.29, 0.717) is 6.54 Å². The molecule has 1 fully saturated rings. The maximum atomic E-state index is 13.0. The molecule has 1 aliphatic carbocycles. The molecule has 3 aromatic carbocycles. The highest BCUT2D eigenvalue weighted by atomic mass is 16.6. The summed E-state index contributed by atoms with van der Waals surface area (Å²) in [6.07, 6.45) is -0.449. The maximum Gasteiger partial charge on any atom is 0.409 e. The van der Waals surface area contributed by atoms with Crippen LogP contribution in [0.5, 0.6) is 0 Å². The molecule has 33 heavy (non-hydrogen) atoms. The number of nitrogens with zero attached hydrogens (tertiary/aromatic N) is 1. The third-order valence-electron chi connectivity index (χ3n) is 7.06. The van der Waals surface area contributed by atoms with Crippen LogP contribution in [0, 0.1) is 19.8 Å². The van der Waals surface area contributed by atoms with Crippen LogP contribution in [-0.4, -0.2) is 41.8 Å². The molecule has 3 aromatic rings. The van der Waals surface area contributed by atoms with Crippen molar-refractivity contribution in [2.45, 2.75) is 25.7 Å². The smallest absolute Gasteiger partial charge is 0.409 e. The molecule has 0 spiro atoms. The van der Waals surface area contributed by atoms with Gasteiger partial charge in [-0.05, 0) is 47.2 Å². The molecule has 5 nitrogen and oxygen atoms in total. The number of aliphatic carboxylic acids is 1. The first kappa shape index (κ1) is 21.3. The number of aryl methyl sites for hydroxylation is 2. The summed E-state index contributed by atoms with van der Waals surface area (Å²) in [6, 6.07) is 22.5. The Hall–Kier alpha value is -3.60. The van der Waals surface area contributed by atoms with Crippen molar-refractivity contribution in [3.63, 3.8) is 0 Å². The van der Waals surface area contributed by atoms with Gasteiger partial charge in [0, 0.05) is 24.9 Å². The summed E-state index contributed by atoms with van der Waals surface area (Å²) in [5.41, 5.74) is 7.85. The van der Waals surface area contributed by atoms with Crippen molar-refractivity contribution >= 4 is 12.1 Å². The molecule has 0 saturated carbocycles. The van der Waals surface area contributed by atoms with E-state index in [1.165, 1.54) is 11.1 Å². The molecular weight excluding hydrogens is 414 g/mol. The van der Waals surface area contributed by atoms with E-state index in [2.05, 4.69) is 30.3 Å². The van der Waals surface area contributed by atoms with Crippen molar-refractivity contribution in [3.8, 4) is 11.1 Å². The molecule has 0 radical (unpaired) electrons. The summed E-state index contributed by atoms with van der Waals surface area (Å²) >= 11 is 0. The number of carboxylic acid groups (broad SMARTS) is 1. The van der Waals surface area contributed by atoms with Crippen LogP contribution in [0.25, 0.3) is 11.1 Å². The molecule has 5 heteroatoms. The normalized spacial score (nSPS) is 19.3. The number of amides is 1. The van der Waals surface area contributed by atoms with Gasteiger partial charge >= 0.3 is 12.1 Å². The Morgan fingerprint density at radius 1 is 0.909 bits per heavy atom. The lowest BCUT2D eigenvalue weighted by Gasteiger charge is -2.20. The van der Waals surface area contributed by atoms with Crippen molar-refractivity contribution in [2.75, 3.05) is 19.7 Å². The van der Waals surface area contributed by atoms with Gasteiger partial charge in [0.2, 0.25) is 0 Å². The number of carbonyl (C=O) groups excluding carboxylic acids is 1. The van der Waals surface area contributed by atoms with Gasteiger partial charge in [0.25, 0.3) is 0 Å². The Labute approximate surface area is 193 Å². The monoisotopic (exact) mass is 441 g/mol. The Morgan fingerprint density at radius 2 is 1.55 bits per heavy atom. The molecule has 2 atom stereocenters. The van der Waals surface area contributed by atoms with Crippen molar-refractivity contribution in [2.24, 2.45) is 5.92 Å². The molecular formula is C28H27NO4. The summed E-state index contributed by atoms with van der Waals surface area (Å²) in [6.45, 7) is 4.75. The van der Waals surface area contributed by atoms with Crippen molar-refractivity contribution in [1.82, 2.24) is 4.90 Å². The van der Waals surface area contributed by atoms with E-state index in [4.69, 9.17) is 4.74 Å². The molecule has 5 rings (SSSR count). The number of likely N-dealkylation sites (tertiary alicyclic amines) is 1. The molecule has 2 aliphatic rings. The molecule has 1 amide bonds. The number of carbonyl (C=O) groups is 2. The third-order valence-corrected chi connectivity index (χ3v) is 7.06. The predicted molar refractivity (Wildman–Crippen MR) is 126 cm³/mol. The van der Waals surface area contributed by atoms with Gasteiger partial charge in [-0.15, -0.1) is 0 Å². The second-order valence-corrected chi connectivity index (χ2v) is 9.12. The Morgan fingerprint density at radius 3 is 2.15 bits per heavy atom. The minimum atomic E-state index is -0.881. The van der Waals surface area contributed by atoms with Crippen LogP contribution >= 0.6 is 0 Å². The largest absolute Gasteiger partial charge is 0.481 e. The zero-order chi connectivity index (χ0) is 23.1. The van der Waals surface area contributed by atoms with Gasteiger partial charge in [-0.2, -0.15) is 0 Å². The standard InChI is InChI=1S/C28H27NO4/c1-17-11-12-19(18(2)13-17)24-14-29(15-25(24)27(30)31)28(32)33-16-26-22-9-5-3-7-20(22)21-8-4-6-10-23(21)26/h3-13,24-26H,14-16H2,1-2H3,(H,30,31). The quantitative estimate of drug-likeness (QED) is 0.592. The van der Waals surface area contributed by atoms with Crippen LogP contribution in [-0.2, 0) is 9.53 Å². The minimum Gasteiger partial charge on any atom is -0.481 e. The predicted octanol–water partition coefficient (Wildman–Crippen LogP) is 5.35. The Kier molecular flexibility index (Phi) is 5.41. The van der Waals surface area contributed by atoms with E-state index >= 15 is 0 Å². The van der Waals surface area contributed by atoms with E-state index < -0.39 is 18.0 Å². The number of rotatable bonds is 4. The molecule has 0 aromatic heterocycles. The zero-order valence-electron chi connectivity index (χ0n) is 18.8. The number of hydrogen-bond acceptors (Lipinski definition) is 3. The number of ether oxygens (including phenoxy) is 1. The summed E-state index contributed by atoms with van der Waals surface area (Å²) < 4.78 is 5.78. The Balaban J connectivity index is 1.33. The highest BCUT2D eigenvalue weighted by Gasteiger charge is 2.42. The van der Waals surface area contributed by atoms with Crippen LogP contribution in [0.15, 0.2) is 66.7 Å². The first-order valence-corrected chi connectivity index (χ1v) is 11.3. The average molecular weight is 442 g/mol. The summed E-state index contributed by atoms with van der Waals surface area (Å²) in [5, 5.41) is 9.83. The van der Waals surface area contributed by atoms with Crippen LogP contribution < -0.4 is 0 Å². The fourth-order valence-electron chi connectivity index (χ4n) is 5.45. The lowest BCUT2D eigenvalue weighted by atomic mass is 9.86. The van der Waals surface area contributed by atoms with Crippen LogP contribution in [0.3, 0.4) is 0 Å².